The summed E-state index contributed by atoms with van der Waals surface area (Å²) in [5, 5.41) is 8.18. The average Bonchev–Trinajstić information content (AvgIpc) is 2.65. The normalized spacial score (nSPS) is 10.8. The van der Waals surface area contributed by atoms with Gasteiger partial charge in [0, 0.05) is 21.2 Å². The minimum atomic E-state index is 0.551. The van der Waals surface area contributed by atoms with E-state index >= 15 is 0 Å². The molecule has 0 saturated heterocycles. The molecular formula is C11H10Br2ClN3. The Hall–Kier alpha value is -0.390. The molecule has 6 heteroatoms. The first-order valence-electron chi connectivity index (χ1n) is 5.05. The summed E-state index contributed by atoms with van der Waals surface area (Å²) >= 11 is 12.8. The van der Waals surface area contributed by atoms with E-state index in [4.69, 9.17) is 11.6 Å². The van der Waals surface area contributed by atoms with Gasteiger partial charge in [-0.3, -0.25) is 0 Å². The van der Waals surface area contributed by atoms with Gasteiger partial charge >= 0.3 is 0 Å². The van der Waals surface area contributed by atoms with Crippen molar-refractivity contribution in [2.45, 2.75) is 13.3 Å². The molecule has 0 N–H and O–H groups in total. The second-order valence-corrected chi connectivity index (χ2v) is 5.76. The van der Waals surface area contributed by atoms with Crippen LogP contribution >= 0.6 is 43.5 Å². The molecule has 0 fully saturated rings. The van der Waals surface area contributed by atoms with Crippen molar-refractivity contribution in [2.75, 3.05) is 5.88 Å². The van der Waals surface area contributed by atoms with Crippen LogP contribution in [0.3, 0.4) is 0 Å². The summed E-state index contributed by atoms with van der Waals surface area (Å²) < 4.78 is 3.70. The standard InChI is InChI=1S/C11H10Br2ClN3/c1-7-4-9(12)11(10(13)5-7)17-6-8(2-3-14)15-16-17/h4-6H,2-3H2,1H3. The number of aryl methyl sites for hydroxylation is 2. The highest BCUT2D eigenvalue weighted by molar-refractivity contribution is 9.11. The van der Waals surface area contributed by atoms with Crippen LogP contribution in [0.25, 0.3) is 5.69 Å². The summed E-state index contributed by atoms with van der Waals surface area (Å²) in [5.74, 6) is 0.551. The summed E-state index contributed by atoms with van der Waals surface area (Å²) in [6.45, 7) is 2.04. The third kappa shape index (κ3) is 2.89. The summed E-state index contributed by atoms with van der Waals surface area (Å²) in [4.78, 5) is 0. The maximum Gasteiger partial charge on any atom is 0.0947 e. The highest BCUT2D eigenvalue weighted by Crippen LogP contribution is 2.30. The molecule has 0 saturated carbocycles. The molecule has 1 aromatic heterocycles. The number of aromatic nitrogens is 3. The van der Waals surface area contributed by atoms with E-state index in [1.54, 1.807) is 4.68 Å². The Bertz CT molecular complexity index is 516. The van der Waals surface area contributed by atoms with Crippen molar-refractivity contribution in [3.63, 3.8) is 0 Å². The molecule has 0 atom stereocenters. The predicted molar refractivity (Wildman–Crippen MR) is 75.9 cm³/mol. The van der Waals surface area contributed by atoms with E-state index in [0.717, 1.165) is 26.7 Å². The number of benzene rings is 1. The lowest BCUT2D eigenvalue weighted by Crippen LogP contribution is -1.98. The molecule has 1 heterocycles. The Morgan fingerprint density at radius 1 is 1.29 bits per heavy atom. The Morgan fingerprint density at radius 3 is 2.53 bits per heavy atom. The minimum absolute atomic E-state index is 0.551. The molecule has 2 rings (SSSR count). The summed E-state index contributed by atoms with van der Waals surface area (Å²) in [6.07, 6.45) is 2.62. The van der Waals surface area contributed by atoms with Crippen LogP contribution in [0.15, 0.2) is 27.3 Å². The van der Waals surface area contributed by atoms with Gasteiger partial charge in [0.1, 0.15) is 0 Å². The molecular weight excluding hydrogens is 369 g/mol. The number of nitrogens with zero attached hydrogens (tertiary/aromatic N) is 3. The molecule has 0 aliphatic heterocycles. The van der Waals surface area contributed by atoms with Crippen molar-refractivity contribution in [1.29, 1.82) is 0 Å². The number of halogens is 3. The van der Waals surface area contributed by atoms with Crippen molar-refractivity contribution in [3.05, 3.63) is 38.5 Å². The first kappa shape index (κ1) is 13.1. The monoisotopic (exact) mass is 377 g/mol. The molecule has 0 amide bonds. The fourth-order valence-electron chi connectivity index (χ4n) is 1.53. The van der Waals surface area contributed by atoms with E-state index in [1.165, 1.54) is 5.56 Å². The Kier molecular flexibility index (Phi) is 4.22. The molecule has 0 bridgehead atoms. The zero-order valence-electron chi connectivity index (χ0n) is 9.12. The van der Waals surface area contributed by atoms with Crippen LogP contribution in [-0.4, -0.2) is 20.9 Å². The van der Waals surface area contributed by atoms with Crippen molar-refractivity contribution in [1.82, 2.24) is 15.0 Å². The Balaban J connectivity index is 2.45. The van der Waals surface area contributed by atoms with Crippen molar-refractivity contribution >= 4 is 43.5 Å². The second-order valence-electron chi connectivity index (χ2n) is 3.67. The van der Waals surface area contributed by atoms with E-state index in [9.17, 15) is 0 Å². The van der Waals surface area contributed by atoms with Crippen molar-refractivity contribution in [3.8, 4) is 5.69 Å². The topological polar surface area (TPSA) is 30.7 Å². The van der Waals surface area contributed by atoms with Crippen molar-refractivity contribution < 1.29 is 0 Å². The smallest absolute Gasteiger partial charge is 0.0947 e. The molecule has 0 aliphatic rings. The SMILES string of the molecule is Cc1cc(Br)c(-n2cc(CCCl)nn2)c(Br)c1. The highest BCUT2D eigenvalue weighted by atomic mass is 79.9. The first-order chi connectivity index (χ1) is 8.11. The van der Waals surface area contributed by atoms with Crippen LogP contribution in [0, 0.1) is 6.92 Å². The number of alkyl halides is 1. The van der Waals surface area contributed by atoms with Crippen LogP contribution in [0.4, 0.5) is 0 Å². The molecule has 0 unspecified atom stereocenters. The van der Waals surface area contributed by atoms with Gasteiger partial charge in [0.15, 0.2) is 0 Å². The zero-order valence-corrected chi connectivity index (χ0v) is 13.0. The number of hydrogen-bond acceptors (Lipinski definition) is 2. The molecule has 17 heavy (non-hydrogen) atoms. The van der Waals surface area contributed by atoms with E-state index < -0.39 is 0 Å². The maximum absolute atomic E-state index is 5.68. The van der Waals surface area contributed by atoms with Gasteiger partial charge in [-0.15, -0.1) is 16.7 Å². The lowest BCUT2D eigenvalue weighted by atomic mass is 10.2. The second kappa shape index (κ2) is 5.50. The number of hydrogen-bond donors (Lipinski definition) is 0. The van der Waals surface area contributed by atoms with Gasteiger partial charge in [0.25, 0.3) is 0 Å². The fourth-order valence-corrected chi connectivity index (χ4v) is 3.50. The van der Waals surface area contributed by atoms with Gasteiger partial charge in [0.05, 0.1) is 17.6 Å². The Labute approximate surface area is 121 Å². The van der Waals surface area contributed by atoms with E-state index in [2.05, 4.69) is 42.2 Å². The lowest BCUT2D eigenvalue weighted by molar-refractivity contribution is 0.792. The molecule has 0 spiro atoms. The first-order valence-corrected chi connectivity index (χ1v) is 7.17. The summed E-state index contributed by atoms with van der Waals surface area (Å²) in [5.41, 5.74) is 3.01. The highest BCUT2D eigenvalue weighted by Gasteiger charge is 2.10. The lowest BCUT2D eigenvalue weighted by Gasteiger charge is -2.07. The van der Waals surface area contributed by atoms with Gasteiger partial charge < -0.3 is 0 Å². The van der Waals surface area contributed by atoms with E-state index in [1.807, 2.05) is 25.3 Å². The minimum Gasteiger partial charge on any atom is -0.218 e. The fraction of sp³-hybridized carbons (Fsp3) is 0.273. The third-order valence-electron chi connectivity index (χ3n) is 2.28. The van der Waals surface area contributed by atoms with Crippen LogP contribution in [0.5, 0.6) is 0 Å². The van der Waals surface area contributed by atoms with Crippen LogP contribution in [0.2, 0.25) is 0 Å². The molecule has 3 nitrogen and oxygen atoms in total. The van der Waals surface area contributed by atoms with Crippen LogP contribution < -0.4 is 0 Å². The van der Waals surface area contributed by atoms with E-state index in [0.29, 0.717) is 5.88 Å². The molecule has 0 aliphatic carbocycles. The number of rotatable bonds is 3. The largest absolute Gasteiger partial charge is 0.218 e. The third-order valence-corrected chi connectivity index (χ3v) is 3.68. The van der Waals surface area contributed by atoms with E-state index in [-0.39, 0.29) is 0 Å². The van der Waals surface area contributed by atoms with Gasteiger partial charge in [0.2, 0.25) is 0 Å². The van der Waals surface area contributed by atoms with Crippen LogP contribution in [0.1, 0.15) is 11.3 Å². The maximum atomic E-state index is 5.68. The Morgan fingerprint density at radius 2 is 1.94 bits per heavy atom. The van der Waals surface area contributed by atoms with Gasteiger partial charge in [-0.1, -0.05) is 5.21 Å². The summed E-state index contributed by atoms with van der Waals surface area (Å²) in [7, 11) is 0. The predicted octanol–water partition coefficient (Wildman–Crippen LogP) is 3.88. The zero-order chi connectivity index (χ0) is 12.4. The van der Waals surface area contributed by atoms with Gasteiger partial charge in [-0.25, -0.2) is 4.68 Å². The molecule has 90 valence electrons. The quantitative estimate of drug-likeness (QED) is 0.758. The summed E-state index contributed by atoms with van der Waals surface area (Å²) in [6, 6.07) is 4.09. The van der Waals surface area contributed by atoms with Crippen LogP contribution in [-0.2, 0) is 6.42 Å². The van der Waals surface area contributed by atoms with Gasteiger partial charge in [-0.05, 0) is 56.5 Å². The molecule has 2 aromatic rings. The average molecular weight is 379 g/mol. The molecule has 0 radical (unpaired) electrons. The van der Waals surface area contributed by atoms with Gasteiger partial charge in [-0.2, -0.15) is 0 Å². The van der Waals surface area contributed by atoms with Crippen molar-refractivity contribution in [2.24, 2.45) is 0 Å². The molecule has 1 aromatic carbocycles.